The number of aliphatic hydroxyl groups excluding tert-OH is 5. The number of hydrogen-bond acceptors (Lipinski definition) is 12. The second-order valence-electron chi connectivity index (χ2n) is 4.80. The van der Waals surface area contributed by atoms with Crippen LogP contribution in [0.5, 0.6) is 0 Å². The minimum absolute atomic E-state index is 0. The molecule has 2 unspecified atom stereocenters. The number of phosphoric acid groups is 3. The Kier molecular flexibility index (Phi) is 9.95. The van der Waals surface area contributed by atoms with Crippen LogP contribution in [-0.4, -0.2) is 138 Å². The number of aliphatic hydroxyl groups is 6. The van der Waals surface area contributed by atoms with E-state index in [9.17, 15) is 49.2 Å². The molecule has 1 rings (SSSR count). The standard InChI is InChI=1S/C6H15O16P3.K.H/c7-1-2(8)4(10)6(12,5(11)3(1)9)20-24(16,17)22-25(18,19)21-23(13,14)15;;/h1-5,7-12H,(H,16,17)(H,18,19)(H2,13,14,15);;/t1-,2-,3+,4-,5-,6-;;/m1../s1. The SMILES string of the molecule is O=P(O)(O)OP(=O)(O)OP(=O)(O)O[C@]1(O)[C@H](O)[C@H](O)[C@@H](O)[C@H](O)[C@H]1O.[KH]. The zero-order valence-corrected chi connectivity index (χ0v) is 14.3. The van der Waals surface area contributed by atoms with Gasteiger partial charge in [0.15, 0.2) is 0 Å². The van der Waals surface area contributed by atoms with Gasteiger partial charge in [0, 0.05) is 0 Å². The molecule has 1 saturated carbocycles. The zero-order chi connectivity index (χ0) is 20.0. The van der Waals surface area contributed by atoms with Crippen LogP contribution < -0.4 is 0 Å². The van der Waals surface area contributed by atoms with Crippen molar-refractivity contribution >= 4 is 74.9 Å². The van der Waals surface area contributed by atoms with Gasteiger partial charge in [0.2, 0.25) is 5.79 Å². The molecule has 1 aliphatic rings. The molecule has 0 aromatic carbocycles. The normalized spacial score (nSPS) is 40.2. The fourth-order valence-corrected chi connectivity index (χ4v) is 5.05. The van der Waals surface area contributed by atoms with Crippen molar-refractivity contribution in [2.24, 2.45) is 0 Å². The molecule has 0 radical (unpaired) electrons. The van der Waals surface area contributed by atoms with E-state index in [-0.39, 0.29) is 51.4 Å². The van der Waals surface area contributed by atoms with Gasteiger partial charge in [-0.1, -0.05) is 0 Å². The Morgan fingerprint density at radius 1 is 0.692 bits per heavy atom. The molecule has 0 aliphatic heterocycles. The van der Waals surface area contributed by atoms with Crippen LogP contribution in [0.25, 0.3) is 0 Å². The molecule has 0 heterocycles. The third kappa shape index (κ3) is 6.95. The molecular weight excluding hydrogens is 460 g/mol. The minimum atomic E-state index is -6.04. The van der Waals surface area contributed by atoms with E-state index in [4.69, 9.17) is 14.7 Å². The van der Waals surface area contributed by atoms with Gasteiger partial charge in [0.05, 0.1) is 0 Å². The van der Waals surface area contributed by atoms with Crippen LogP contribution >= 0.6 is 23.5 Å². The summed E-state index contributed by atoms with van der Waals surface area (Å²) >= 11 is 0. The average Bonchev–Trinajstić information content (AvgIpc) is 2.36. The summed E-state index contributed by atoms with van der Waals surface area (Å²) in [5.74, 6) is -3.72. The molecule has 0 saturated heterocycles. The van der Waals surface area contributed by atoms with E-state index in [1.54, 1.807) is 0 Å². The van der Waals surface area contributed by atoms with Gasteiger partial charge in [0.25, 0.3) is 0 Å². The molecular formula is C6H16KO16P3. The van der Waals surface area contributed by atoms with Crippen LogP contribution in [0.3, 0.4) is 0 Å². The Hall–Kier alpha value is 1.81. The quantitative estimate of drug-likeness (QED) is 0.0977. The van der Waals surface area contributed by atoms with Gasteiger partial charge < -0.3 is 50.2 Å². The van der Waals surface area contributed by atoms with Gasteiger partial charge in [-0.2, -0.15) is 8.62 Å². The average molecular weight is 476 g/mol. The summed E-state index contributed by atoms with van der Waals surface area (Å²) in [7, 11) is -17.7. The van der Waals surface area contributed by atoms with Crippen molar-refractivity contribution < 1.29 is 77.1 Å². The summed E-state index contributed by atoms with van der Waals surface area (Å²) in [5, 5.41) is 57.1. The fraction of sp³-hybridized carbons (Fsp3) is 1.00. The third-order valence-corrected chi connectivity index (χ3v) is 6.72. The van der Waals surface area contributed by atoms with Gasteiger partial charge in [-0.05, 0) is 0 Å². The maximum absolute atomic E-state index is 11.6. The van der Waals surface area contributed by atoms with Crippen molar-refractivity contribution in [2.75, 3.05) is 0 Å². The summed E-state index contributed by atoms with van der Waals surface area (Å²) in [4.78, 5) is 34.9. The first kappa shape index (κ1) is 27.8. The van der Waals surface area contributed by atoms with Crippen molar-refractivity contribution in [3.8, 4) is 0 Å². The second-order valence-corrected chi connectivity index (χ2v) is 9.14. The Morgan fingerprint density at radius 3 is 1.42 bits per heavy atom. The van der Waals surface area contributed by atoms with Crippen molar-refractivity contribution in [1.82, 2.24) is 0 Å². The molecule has 8 atom stereocenters. The van der Waals surface area contributed by atoms with E-state index in [0.717, 1.165) is 0 Å². The molecule has 1 aliphatic carbocycles. The van der Waals surface area contributed by atoms with Crippen molar-refractivity contribution in [3.05, 3.63) is 0 Å². The van der Waals surface area contributed by atoms with Gasteiger partial charge >= 0.3 is 74.9 Å². The van der Waals surface area contributed by atoms with Crippen LogP contribution in [0, 0.1) is 0 Å². The second kappa shape index (κ2) is 9.30. The van der Waals surface area contributed by atoms with Crippen molar-refractivity contribution in [2.45, 2.75) is 36.3 Å². The molecule has 152 valence electrons. The molecule has 26 heavy (non-hydrogen) atoms. The van der Waals surface area contributed by atoms with Crippen LogP contribution in [0.15, 0.2) is 0 Å². The molecule has 1 fully saturated rings. The molecule has 0 aromatic rings. The molecule has 20 heteroatoms. The predicted octanol–water partition coefficient (Wildman–Crippen LogP) is -4.81. The van der Waals surface area contributed by atoms with E-state index in [2.05, 4.69) is 13.1 Å². The van der Waals surface area contributed by atoms with Gasteiger partial charge in [-0.3, -0.25) is 0 Å². The van der Waals surface area contributed by atoms with E-state index < -0.39 is 59.8 Å². The van der Waals surface area contributed by atoms with Gasteiger partial charge in [-0.25, -0.2) is 18.2 Å². The van der Waals surface area contributed by atoms with E-state index in [1.165, 1.54) is 0 Å². The molecule has 10 N–H and O–H groups in total. The Bertz CT molecular complexity index is 617. The summed E-state index contributed by atoms with van der Waals surface area (Å²) in [6.07, 6.45) is -12.6. The number of hydrogen-bond donors (Lipinski definition) is 10. The Balaban J connectivity index is 0.00000625. The van der Waals surface area contributed by atoms with E-state index in [0.29, 0.717) is 0 Å². The third-order valence-electron chi connectivity index (χ3n) is 2.87. The van der Waals surface area contributed by atoms with E-state index >= 15 is 0 Å². The first-order valence-electron chi connectivity index (χ1n) is 5.89. The molecule has 0 aromatic heterocycles. The fourth-order valence-electron chi connectivity index (χ4n) is 1.83. The summed E-state index contributed by atoms with van der Waals surface area (Å²) in [6.45, 7) is 0. The number of phosphoric ester groups is 1. The van der Waals surface area contributed by atoms with Crippen LogP contribution in [-0.2, 0) is 26.8 Å². The Morgan fingerprint density at radius 2 is 1.08 bits per heavy atom. The van der Waals surface area contributed by atoms with Crippen molar-refractivity contribution in [3.63, 3.8) is 0 Å². The summed E-state index contributed by atoms with van der Waals surface area (Å²) in [6, 6.07) is 0. The summed E-state index contributed by atoms with van der Waals surface area (Å²) < 4.78 is 43.8. The first-order chi connectivity index (χ1) is 10.9. The van der Waals surface area contributed by atoms with Crippen LogP contribution in [0.4, 0.5) is 0 Å². The molecule has 0 spiro atoms. The number of rotatable bonds is 6. The topological polar surface area (TPSA) is 281 Å². The van der Waals surface area contributed by atoms with E-state index in [1.807, 2.05) is 0 Å². The Labute approximate surface area is 186 Å². The monoisotopic (exact) mass is 476 g/mol. The zero-order valence-electron chi connectivity index (χ0n) is 11.7. The van der Waals surface area contributed by atoms with Crippen LogP contribution in [0.2, 0.25) is 0 Å². The maximum atomic E-state index is 11.6. The first-order valence-corrected chi connectivity index (χ1v) is 10.4. The molecule has 0 bridgehead atoms. The van der Waals surface area contributed by atoms with Gasteiger partial charge in [0.1, 0.15) is 30.5 Å². The molecule has 0 amide bonds. The van der Waals surface area contributed by atoms with Crippen molar-refractivity contribution in [1.29, 1.82) is 0 Å². The summed E-state index contributed by atoms with van der Waals surface area (Å²) in [5.41, 5.74) is 0. The predicted molar refractivity (Wildman–Crippen MR) is 77.1 cm³/mol. The van der Waals surface area contributed by atoms with Crippen LogP contribution in [0.1, 0.15) is 0 Å². The molecule has 16 nitrogen and oxygen atoms in total. The van der Waals surface area contributed by atoms with Gasteiger partial charge in [-0.15, -0.1) is 0 Å².